The first-order chi connectivity index (χ1) is 7.38. The SMILES string of the molecule is CC(C)Cc1cc(N)nc(C2CC2(C)C)n1. The molecule has 0 radical (unpaired) electrons. The van der Waals surface area contributed by atoms with Crippen LogP contribution < -0.4 is 5.73 Å². The molecular formula is C13H21N3. The van der Waals surface area contributed by atoms with Crippen molar-refractivity contribution in [2.24, 2.45) is 11.3 Å². The van der Waals surface area contributed by atoms with Gasteiger partial charge in [0, 0.05) is 17.7 Å². The zero-order valence-corrected chi connectivity index (χ0v) is 10.6. The molecule has 1 aliphatic carbocycles. The Morgan fingerprint density at radius 2 is 2.06 bits per heavy atom. The normalized spacial score (nSPS) is 22.4. The highest BCUT2D eigenvalue weighted by Crippen LogP contribution is 2.57. The molecule has 1 aliphatic rings. The van der Waals surface area contributed by atoms with Crippen molar-refractivity contribution in [1.82, 2.24) is 9.97 Å². The van der Waals surface area contributed by atoms with Gasteiger partial charge in [-0.15, -0.1) is 0 Å². The average molecular weight is 219 g/mol. The fourth-order valence-corrected chi connectivity index (χ4v) is 2.13. The monoisotopic (exact) mass is 219 g/mol. The van der Waals surface area contributed by atoms with E-state index in [4.69, 9.17) is 5.73 Å². The first-order valence-electron chi connectivity index (χ1n) is 6.02. The summed E-state index contributed by atoms with van der Waals surface area (Å²) in [5.41, 5.74) is 7.29. The molecule has 3 heteroatoms. The van der Waals surface area contributed by atoms with Crippen LogP contribution in [0.1, 0.15) is 51.6 Å². The summed E-state index contributed by atoms with van der Waals surface area (Å²) < 4.78 is 0. The molecule has 0 aromatic carbocycles. The number of rotatable bonds is 3. The Labute approximate surface area is 97.5 Å². The Morgan fingerprint density at radius 1 is 1.44 bits per heavy atom. The first kappa shape index (κ1) is 11.4. The summed E-state index contributed by atoms with van der Waals surface area (Å²) in [5, 5.41) is 0. The van der Waals surface area contributed by atoms with Gasteiger partial charge in [0.05, 0.1) is 0 Å². The molecule has 88 valence electrons. The zero-order valence-electron chi connectivity index (χ0n) is 10.6. The molecule has 1 heterocycles. The van der Waals surface area contributed by atoms with Gasteiger partial charge in [-0.3, -0.25) is 0 Å². The van der Waals surface area contributed by atoms with Crippen LogP contribution in [0.15, 0.2) is 6.07 Å². The van der Waals surface area contributed by atoms with Crippen molar-refractivity contribution in [2.45, 2.75) is 46.5 Å². The van der Waals surface area contributed by atoms with Gasteiger partial charge in [-0.05, 0) is 24.2 Å². The average Bonchev–Trinajstić information content (AvgIpc) is 2.72. The van der Waals surface area contributed by atoms with E-state index in [1.54, 1.807) is 0 Å². The molecule has 1 fully saturated rings. The van der Waals surface area contributed by atoms with Gasteiger partial charge in [0.2, 0.25) is 0 Å². The maximum atomic E-state index is 5.84. The third kappa shape index (κ3) is 2.34. The number of anilines is 1. The minimum Gasteiger partial charge on any atom is -0.384 e. The second kappa shape index (κ2) is 3.72. The molecule has 3 nitrogen and oxygen atoms in total. The topological polar surface area (TPSA) is 51.8 Å². The molecule has 1 aromatic rings. The lowest BCUT2D eigenvalue weighted by Gasteiger charge is -2.08. The first-order valence-corrected chi connectivity index (χ1v) is 6.02. The Kier molecular flexibility index (Phi) is 2.64. The van der Waals surface area contributed by atoms with E-state index >= 15 is 0 Å². The van der Waals surface area contributed by atoms with E-state index in [2.05, 4.69) is 37.7 Å². The Bertz CT molecular complexity index is 396. The van der Waals surface area contributed by atoms with Gasteiger partial charge in [0.1, 0.15) is 11.6 Å². The summed E-state index contributed by atoms with van der Waals surface area (Å²) >= 11 is 0. The molecule has 1 atom stereocenters. The molecule has 2 N–H and O–H groups in total. The van der Waals surface area contributed by atoms with Crippen LogP contribution in [0.25, 0.3) is 0 Å². The number of nitrogens with two attached hydrogens (primary N) is 1. The van der Waals surface area contributed by atoms with Crippen LogP contribution in [0, 0.1) is 11.3 Å². The molecule has 1 unspecified atom stereocenters. The zero-order chi connectivity index (χ0) is 11.9. The molecule has 0 spiro atoms. The van der Waals surface area contributed by atoms with Crippen molar-refractivity contribution >= 4 is 5.82 Å². The molecular weight excluding hydrogens is 198 g/mol. The van der Waals surface area contributed by atoms with E-state index in [0.29, 0.717) is 23.1 Å². The number of nitrogen functional groups attached to an aromatic ring is 1. The van der Waals surface area contributed by atoms with Gasteiger partial charge in [-0.2, -0.15) is 0 Å². The van der Waals surface area contributed by atoms with Gasteiger partial charge in [0.15, 0.2) is 0 Å². The number of aromatic nitrogens is 2. The lowest BCUT2D eigenvalue weighted by molar-refractivity contribution is 0.598. The van der Waals surface area contributed by atoms with E-state index in [0.717, 1.165) is 17.9 Å². The van der Waals surface area contributed by atoms with Crippen LogP contribution in [0.3, 0.4) is 0 Å². The highest BCUT2D eigenvalue weighted by Gasteiger charge is 2.48. The smallest absolute Gasteiger partial charge is 0.134 e. The van der Waals surface area contributed by atoms with Crippen LogP contribution in [0.4, 0.5) is 5.82 Å². The summed E-state index contributed by atoms with van der Waals surface area (Å²) in [5.74, 6) is 2.67. The standard InChI is InChI=1S/C13H21N3/c1-8(2)5-9-6-11(14)16-12(15-9)10-7-13(10,3)4/h6,8,10H,5,7H2,1-4H3,(H2,14,15,16). The molecule has 0 bridgehead atoms. The Morgan fingerprint density at radius 3 is 2.56 bits per heavy atom. The van der Waals surface area contributed by atoms with Crippen LogP contribution in [-0.2, 0) is 6.42 Å². The second-order valence-corrected chi connectivity index (χ2v) is 5.99. The van der Waals surface area contributed by atoms with Crippen LogP contribution >= 0.6 is 0 Å². The number of nitrogens with zero attached hydrogens (tertiary/aromatic N) is 2. The Balaban J connectivity index is 2.23. The summed E-state index contributed by atoms with van der Waals surface area (Å²) in [7, 11) is 0. The predicted octanol–water partition coefficient (Wildman–Crippen LogP) is 2.77. The van der Waals surface area contributed by atoms with Crippen molar-refractivity contribution in [1.29, 1.82) is 0 Å². The maximum Gasteiger partial charge on any atom is 0.134 e. The lowest BCUT2D eigenvalue weighted by atomic mass is 10.1. The molecule has 16 heavy (non-hydrogen) atoms. The number of hydrogen-bond acceptors (Lipinski definition) is 3. The minimum atomic E-state index is 0.364. The van der Waals surface area contributed by atoms with Crippen LogP contribution in [0.2, 0.25) is 0 Å². The van der Waals surface area contributed by atoms with Gasteiger partial charge in [-0.1, -0.05) is 27.7 Å². The highest BCUT2D eigenvalue weighted by atomic mass is 15.0. The molecule has 0 aliphatic heterocycles. The van der Waals surface area contributed by atoms with Crippen molar-refractivity contribution in [2.75, 3.05) is 5.73 Å². The van der Waals surface area contributed by atoms with Gasteiger partial charge in [0.25, 0.3) is 0 Å². The van der Waals surface area contributed by atoms with E-state index in [1.165, 1.54) is 6.42 Å². The van der Waals surface area contributed by atoms with Crippen molar-refractivity contribution < 1.29 is 0 Å². The van der Waals surface area contributed by atoms with Crippen LogP contribution in [-0.4, -0.2) is 9.97 Å². The summed E-state index contributed by atoms with van der Waals surface area (Å²) in [6.45, 7) is 8.90. The number of hydrogen-bond donors (Lipinski definition) is 1. The summed E-state index contributed by atoms with van der Waals surface area (Å²) in [6, 6.07) is 1.90. The third-order valence-electron chi connectivity index (χ3n) is 3.26. The van der Waals surface area contributed by atoms with Gasteiger partial charge < -0.3 is 5.73 Å². The Hall–Kier alpha value is -1.12. The quantitative estimate of drug-likeness (QED) is 0.850. The van der Waals surface area contributed by atoms with Gasteiger partial charge in [-0.25, -0.2) is 9.97 Å². The fraction of sp³-hybridized carbons (Fsp3) is 0.692. The fourth-order valence-electron chi connectivity index (χ4n) is 2.13. The second-order valence-electron chi connectivity index (χ2n) is 5.99. The van der Waals surface area contributed by atoms with Gasteiger partial charge >= 0.3 is 0 Å². The molecule has 0 amide bonds. The third-order valence-corrected chi connectivity index (χ3v) is 3.26. The maximum absolute atomic E-state index is 5.84. The van der Waals surface area contributed by atoms with E-state index in [1.807, 2.05) is 6.07 Å². The van der Waals surface area contributed by atoms with Crippen molar-refractivity contribution in [3.05, 3.63) is 17.6 Å². The minimum absolute atomic E-state index is 0.364. The summed E-state index contributed by atoms with van der Waals surface area (Å²) in [4.78, 5) is 9.01. The van der Waals surface area contributed by atoms with E-state index in [-0.39, 0.29) is 0 Å². The molecule has 2 rings (SSSR count). The molecule has 1 saturated carbocycles. The van der Waals surface area contributed by atoms with Crippen LogP contribution in [0.5, 0.6) is 0 Å². The molecule has 0 saturated heterocycles. The van der Waals surface area contributed by atoms with E-state index in [9.17, 15) is 0 Å². The lowest BCUT2D eigenvalue weighted by Crippen LogP contribution is -2.06. The van der Waals surface area contributed by atoms with E-state index < -0.39 is 0 Å². The highest BCUT2D eigenvalue weighted by molar-refractivity contribution is 5.32. The van der Waals surface area contributed by atoms with Crippen molar-refractivity contribution in [3.63, 3.8) is 0 Å². The molecule has 1 aromatic heterocycles. The van der Waals surface area contributed by atoms with Crippen molar-refractivity contribution in [3.8, 4) is 0 Å². The predicted molar refractivity (Wildman–Crippen MR) is 66.1 cm³/mol. The largest absolute Gasteiger partial charge is 0.384 e. The summed E-state index contributed by atoms with van der Waals surface area (Å²) in [6.07, 6.45) is 2.16.